The van der Waals surface area contributed by atoms with Crippen molar-refractivity contribution in [1.82, 2.24) is 4.98 Å². The fourth-order valence-electron chi connectivity index (χ4n) is 2.60. The summed E-state index contributed by atoms with van der Waals surface area (Å²) in [5.74, 6) is -0.395. The van der Waals surface area contributed by atoms with Crippen molar-refractivity contribution in [3.05, 3.63) is 24.0 Å². The molecule has 1 heterocycles. The van der Waals surface area contributed by atoms with Crippen LogP contribution in [-0.4, -0.2) is 22.1 Å². The van der Waals surface area contributed by atoms with Gasteiger partial charge in [0.2, 0.25) is 0 Å². The van der Waals surface area contributed by atoms with Crippen molar-refractivity contribution in [2.75, 3.05) is 5.32 Å². The fraction of sp³-hybridized carbons (Fsp3) is 0.571. The summed E-state index contributed by atoms with van der Waals surface area (Å²) in [5.41, 5.74) is 0.762. The quantitative estimate of drug-likeness (QED) is 0.806. The van der Waals surface area contributed by atoms with Gasteiger partial charge in [-0.1, -0.05) is 26.2 Å². The summed E-state index contributed by atoms with van der Waals surface area (Å²) in [5, 5.41) is 12.5. The molecule has 1 fully saturated rings. The first-order valence-electron chi connectivity index (χ1n) is 6.63. The Labute approximate surface area is 107 Å². The average molecular weight is 248 g/mol. The molecular weight excluding hydrogens is 228 g/mol. The van der Waals surface area contributed by atoms with Crippen LogP contribution in [0.3, 0.4) is 0 Å². The molecule has 1 aromatic rings. The lowest BCUT2D eigenvalue weighted by Gasteiger charge is -2.24. The molecule has 18 heavy (non-hydrogen) atoms. The third-order valence-corrected chi connectivity index (χ3v) is 3.71. The first-order chi connectivity index (χ1) is 8.68. The summed E-state index contributed by atoms with van der Waals surface area (Å²) >= 11 is 0. The highest BCUT2D eigenvalue weighted by Crippen LogP contribution is 2.26. The van der Waals surface area contributed by atoms with E-state index < -0.39 is 5.97 Å². The molecule has 1 aliphatic carbocycles. The molecule has 98 valence electrons. The van der Waals surface area contributed by atoms with Gasteiger partial charge in [0.1, 0.15) is 0 Å². The Bertz CT molecular complexity index is 420. The lowest BCUT2D eigenvalue weighted by Crippen LogP contribution is -2.27. The van der Waals surface area contributed by atoms with Gasteiger partial charge in [0.05, 0.1) is 5.69 Å². The molecule has 4 heteroatoms. The first kappa shape index (κ1) is 12.9. The maximum Gasteiger partial charge on any atom is 0.356 e. The van der Waals surface area contributed by atoms with Crippen LogP contribution in [0.1, 0.15) is 49.5 Å². The molecule has 0 amide bonds. The third-order valence-electron chi connectivity index (χ3n) is 3.71. The number of carbonyl (C=O) groups is 1. The second kappa shape index (κ2) is 5.85. The number of carboxylic acids is 1. The Morgan fingerprint density at radius 1 is 1.39 bits per heavy atom. The molecule has 2 rings (SSSR count). The molecule has 0 saturated heterocycles. The first-order valence-corrected chi connectivity index (χ1v) is 6.63. The second-order valence-electron chi connectivity index (χ2n) is 5.07. The van der Waals surface area contributed by atoms with E-state index in [1.54, 1.807) is 12.1 Å². The number of hydrogen-bond donors (Lipinski definition) is 2. The highest BCUT2D eigenvalue weighted by atomic mass is 16.4. The lowest BCUT2D eigenvalue weighted by molar-refractivity contribution is 0.0691. The Balaban J connectivity index is 2.14. The van der Waals surface area contributed by atoms with E-state index in [0.29, 0.717) is 17.6 Å². The molecule has 0 bridgehead atoms. The molecule has 2 atom stereocenters. The van der Waals surface area contributed by atoms with Crippen molar-refractivity contribution < 1.29 is 9.90 Å². The summed E-state index contributed by atoms with van der Waals surface area (Å²) in [4.78, 5) is 15.0. The van der Waals surface area contributed by atoms with Crippen molar-refractivity contribution in [2.45, 2.75) is 45.1 Å². The van der Waals surface area contributed by atoms with Gasteiger partial charge in [-0.15, -0.1) is 0 Å². The topological polar surface area (TPSA) is 62.2 Å². The Morgan fingerprint density at radius 3 is 2.94 bits per heavy atom. The fourth-order valence-corrected chi connectivity index (χ4v) is 2.60. The summed E-state index contributed by atoms with van der Waals surface area (Å²) in [7, 11) is 0. The van der Waals surface area contributed by atoms with Gasteiger partial charge in [-0.25, -0.2) is 9.78 Å². The molecule has 1 saturated carbocycles. The minimum atomic E-state index is -0.973. The number of hydrogen-bond acceptors (Lipinski definition) is 3. The predicted octanol–water partition coefficient (Wildman–Crippen LogP) is 3.16. The number of aromatic nitrogens is 1. The molecule has 0 aliphatic heterocycles. The van der Waals surface area contributed by atoms with Crippen molar-refractivity contribution >= 4 is 11.7 Å². The van der Waals surface area contributed by atoms with Crippen molar-refractivity contribution in [2.24, 2.45) is 5.92 Å². The molecular formula is C14H20N2O2. The van der Waals surface area contributed by atoms with Crippen LogP contribution in [0.25, 0.3) is 0 Å². The maximum atomic E-state index is 11.1. The zero-order chi connectivity index (χ0) is 13.0. The average Bonchev–Trinajstić information content (AvgIpc) is 2.55. The highest BCUT2D eigenvalue weighted by Gasteiger charge is 2.21. The van der Waals surface area contributed by atoms with E-state index in [0.717, 1.165) is 6.42 Å². The van der Waals surface area contributed by atoms with Gasteiger partial charge < -0.3 is 10.4 Å². The van der Waals surface area contributed by atoms with E-state index in [1.807, 2.05) is 0 Å². The molecule has 0 spiro atoms. The molecule has 4 nitrogen and oxygen atoms in total. The molecule has 0 radical (unpaired) electrons. The van der Waals surface area contributed by atoms with Crippen molar-refractivity contribution in [3.63, 3.8) is 0 Å². The van der Waals surface area contributed by atoms with Crippen LogP contribution in [0.2, 0.25) is 0 Å². The van der Waals surface area contributed by atoms with E-state index in [4.69, 9.17) is 5.11 Å². The third kappa shape index (κ3) is 3.00. The predicted molar refractivity (Wildman–Crippen MR) is 70.9 cm³/mol. The van der Waals surface area contributed by atoms with Crippen molar-refractivity contribution in [1.29, 1.82) is 0 Å². The van der Waals surface area contributed by atoms with E-state index in [2.05, 4.69) is 17.2 Å². The Morgan fingerprint density at radius 2 is 2.17 bits per heavy atom. The summed E-state index contributed by atoms with van der Waals surface area (Å²) in [6, 6.07) is 3.93. The molecule has 2 unspecified atom stereocenters. The zero-order valence-corrected chi connectivity index (χ0v) is 10.7. The minimum absolute atomic E-state index is 0.119. The largest absolute Gasteiger partial charge is 0.476 e. The van der Waals surface area contributed by atoms with Gasteiger partial charge in [0.25, 0.3) is 0 Å². The summed E-state index contributed by atoms with van der Waals surface area (Å²) < 4.78 is 0. The number of nitrogens with one attached hydrogen (secondary N) is 1. The SMILES string of the molecule is CC1CCCCCC1Nc1cccnc1C(=O)O. The number of nitrogens with zero attached hydrogens (tertiary/aromatic N) is 1. The van der Waals surface area contributed by atoms with Crippen LogP contribution in [0, 0.1) is 5.92 Å². The lowest BCUT2D eigenvalue weighted by atomic mass is 9.96. The summed E-state index contributed by atoms with van der Waals surface area (Å²) in [6.45, 7) is 2.24. The summed E-state index contributed by atoms with van der Waals surface area (Å²) in [6.07, 6.45) is 7.60. The Kier molecular flexibility index (Phi) is 4.18. The van der Waals surface area contributed by atoms with E-state index >= 15 is 0 Å². The smallest absolute Gasteiger partial charge is 0.356 e. The standard InChI is InChI=1S/C14H20N2O2/c1-10-6-3-2-4-7-11(10)16-12-8-5-9-15-13(12)14(17)18/h5,8-11,16H,2-4,6-7H2,1H3,(H,17,18). The number of aromatic carboxylic acids is 1. The van der Waals surface area contributed by atoms with Gasteiger partial charge in [-0.3, -0.25) is 0 Å². The zero-order valence-electron chi connectivity index (χ0n) is 10.7. The number of pyridine rings is 1. The van der Waals surface area contributed by atoms with Gasteiger partial charge in [-0.05, 0) is 30.9 Å². The highest BCUT2D eigenvalue weighted by molar-refractivity contribution is 5.91. The minimum Gasteiger partial charge on any atom is -0.476 e. The monoisotopic (exact) mass is 248 g/mol. The maximum absolute atomic E-state index is 11.1. The number of anilines is 1. The van der Waals surface area contributed by atoms with Crippen LogP contribution < -0.4 is 5.32 Å². The number of rotatable bonds is 3. The number of carboxylic acid groups (broad SMARTS) is 1. The van der Waals surface area contributed by atoms with Crippen LogP contribution in [-0.2, 0) is 0 Å². The van der Waals surface area contributed by atoms with Crippen molar-refractivity contribution in [3.8, 4) is 0 Å². The molecule has 1 aliphatic rings. The van der Waals surface area contributed by atoms with Gasteiger partial charge in [-0.2, -0.15) is 0 Å². The van der Waals surface area contributed by atoms with Gasteiger partial charge in [0.15, 0.2) is 5.69 Å². The molecule has 1 aromatic heterocycles. The normalized spacial score (nSPS) is 24.3. The van der Waals surface area contributed by atoms with Gasteiger partial charge in [0, 0.05) is 12.2 Å². The van der Waals surface area contributed by atoms with Crippen LogP contribution in [0.4, 0.5) is 5.69 Å². The van der Waals surface area contributed by atoms with Gasteiger partial charge >= 0.3 is 5.97 Å². The van der Waals surface area contributed by atoms with E-state index in [9.17, 15) is 4.79 Å². The van der Waals surface area contributed by atoms with Crippen LogP contribution in [0.15, 0.2) is 18.3 Å². The molecule has 2 N–H and O–H groups in total. The molecule has 0 aromatic carbocycles. The Hall–Kier alpha value is -1.58. The van der Waals surface area contributed by atoms with Crippen LogP contribution >= 0.6 is 0 Å². The van der Waals surface area contributed by atoms with E-state index in [-0.39, 0.29) is 5.69 Å². The van der Waals surface area contributed by atoms with E-state index in [1.165, 1.54) is 31.9 Å². The second-order valence-corrected chi connectivity index (χ2v) is 5.07. The van der Waals surface area contributed by atoms with Crippen LogP contribution in [0.5, 0.6) is 0 Å².